The SMILES string of the molecule is COc1ccc(OC)c(C(=O)N(C)CCCCCc2cc(-c3cccc(F)c3)n[nH]2)c1. The van der Waals surface area contributed by atoms with Gasteiger partial charge in [0, 0.05) is 24.8 Å². The highest BCUT2D eigenvalue weighted by atomic mass is 19.1. The number of benzene rings is 2. The number of amides is 1. The Morgan fingerprint density at radius 3 is 2.65 bits per heavy atom. The Hall–Kier alpha value is -3.35. The van der Waals surface area contributed by atoms with Crippen LogP contribution in [0.5, 0.6) is 11.5 Å². The monoisotopic (exact) mass is 425 g/mol. The molecule has 7 heteroatoms. The summed E-state index contributed by atoms with van der Waals surface area (Å²) in [6, 6.07) is 13.6. The first-order chi connectivity index (χ1) is 15.0. The second-order valence-corrected chi connectivity index (χ2v) is 7.39. The molecule has 1 heterocycles. The number of hydrogen-bond acceptors (Lipinski definition) is 4. The number of halogens is 1. The summed E-state index contributed by atoms with van der Waals surface area (Å²) in [5.74, 6) is 0.789. The first kappa shape index (κ1) is 22.3. The average Bonchev–Trinajstić information content (AvgIpc) is 3.26. The second kappa shape index (κ2) is 10.6. The van der Waals surface area contributed by atoms with E-state index in [1.807, 2.05) is 12.1 Å². The number of rotatable bonds is 10. The van der Waals surface area contributed by atoms with Crippen LogP contribution in [0.15, 0.2) is 48.5 Å². The van der Waals surface area contributed by atoms with Crippen molar-refractivity contribution in [1.82, 2.24) is 15.1 Å². The largest absolute Gasteiger partial charge is 0.497 e. The molecule has 0 aliphatic carbocycles. The highest BCUT2D eigenvalue weighted by molar-refractivity contribution is 5.97. The highest BCUT2D eigenvalue weighted by Crippen LogP contribution is 2.25. The molecule has 3 aromatic rings. The summed E-state index contributed by atoms with van der Waals surface area (Å²) in [6.45, 7) is 0.650. The van der Waals surface area contributed by atoms with Crippen LogP contribution >= 0.6 is 0 Å². The lowest BCUT2D eigenvalue weighted by Gasteiger charge is -2.19. The summed E-state index contributed by atoms with van der Waals surface area (Å²) in [5, 5.41) is 7.30. The number of ether oxygens (including phenoxy) is 2. The Bertz CT molecular complexity index is 1020. The number of nitrogens with zero attached hydrogens (tertiary/aromatic N) is 2. The van der Waals surface area contributed by atoms with Crippen molar-refractivity contribution in [1.29, 1.82) is 0 Å². The molecule has 1 amide bonds. The van der Waals surface area contributed by atoms with Gasteiger partial charge in [-0.2, -0.15) is 5.10 Å². The maximum absolute atomic E-state index is 13.4. The van der Waals surface area contributed by atoms with Crippen molar-refractivity contribution in [3.8, 4) is 22.8 Å². The van der Waals surface area contributed by atoms with Crippen molar-refractivity contribution >= 4 is 5.91 Å². The van der Waals surface area contributed by atoms with E-state index in [1.54, 1.807) is 50.4 Å². The first-order valence-corrected chi connectivity index (χ1v) is 10.3. The third-order valence-corrected chi connectivity index (χ3v) is 5.17. The molecule has 0 unspecified atom stereocenters. The Morgan fingerprint density at radius 1 is 1.06 bits per heavy atom. The maximum atomic E-state index is 13.4. The molecule has 0 bridgehead atoms. The summed E-state index contributed by atoms with van der Waals surface area (Å²) in [5.41, 5.74) is 3.01. The van der Waals surface area contributed by atoms with E-state index in [-0.39, 0.29) is 11.7 Å². The van der Waals surface area contributed by atoms with Gasteiger partial charge in [0.25, 0.3) is 5.91 Å². The topological polar surface area (TPSA) is 67.5 Å². The Kier molecular flexibility index (Phi) is 7.65. The zero-order chi connectivity index (χ0) is 22.2. The molecule has 0 radical (unpaired) electrons. The lowest BCUT2D eigenvalue weighted by Crippen LogP contribution is -2.28. The van der Waals surface area contributed by atoms with Crippen LogP contribution in [0, 0.1) is 5.82 Å². The number of methoxy groups -OCH3 is 2. The number of nitrogens with one attached hydrogen (secondary N) is 1. The van der Waals surface area contributed by atoms with E-state index in [0.717, 1.165) is 42.6 Å². The van der Waals surface area contributed by atoms with E-state index in [1.165, 1.54) is 12.1 Å². The minimum absolute atomic E-state index is 0.0935. The molecule has 0 aliphatic heterocycles. The van der Waals surface area contributed by atoms with E-state index in [2.05, 4.69) is 10.2 Å². The fraction of sp³-hybridized carbons (Fsp3) is 0.333. The van der Waals surface area contributed by atoms with Gasteiger partial charge in [0.1, 0.15) is 17.3 Å². The quantitative estimate of drug-likeness (QED) is 0.478. The number of aromatic amines is 1. The summed E-state index contributed by atoms with van der Waals surface area (Å²) in [4.78, 5) is 14.5. The van der Waals surface area contributed by atoms with Crippen molar-refractivity contribution in [3.63, 3.8) is 0 Å². The van der Waals surface area contributed by atoms with Gasteiger partial charge in [0.05, 0.1) is 25.5 Å². The number of H-pyrrole nitrogens is 1. The van der Waals surface area contributed by atoms with Gasteiger partial charge in [-0.3, -0.25) is 9.89 Å². The van der Waals surface area contributed by atoms with Crippen LogP contribution in [-0.4, -0.2) is 48.8 Å². The van der Waals surface area contributed by atoms with Crippen LogP contribution in [0.4, 0.5) is 4.39 Å². The van der Waals surface area contributed by atoms with Gasteiger partial charge in [0.2, 0.25) is 0 Å². The lowest BCUT2D eigenvalue weighted by atomic mass is 10.1. The van der Waals surface area contributed by atoms with Crippen LogP contribution in [-0.2, 0) is 6.42 Å². The minimum Gasteiger partial charge on any atom is -0.497 e. The third kappa shape index (κ3) is 5.84. The molecule has 0 fully saturated rings. The highest BCUT2D eigenvalue weighted by Gasteiger charge is 2.17. The van der Waals surface area contributed by atoms with Crippen LogP contribution in [0.3, 0.4) is 0 Å². The van der Waals surface area contributed by atoms with Gasteiger partial charge in [-0.1, -0.05) is 18.6 Å². The molecule has 1 aromatic heterocycles. The van der Waals surface area contributed by atoms with Gasteiger partial charge in [-0.05, 0) is 55.7 Å². The smallest absolute Gasteiger partial charge is 0.257 e. The number of carbonyl (C=O) groups is 1. The lowest BCUT2D eigenvalue weighted by molar-refractivity contribution is 0.0789. The van der Waals surface area contributed by atoms with Crippen molar-refractivity contribution in [2.24, 2.45) is 0 Å². The van der Waals surface area contributed by atoms with Crippen molar-refractivity contribution < 1.29 is 18.7 Å². The minimum atomic E-state index is -0.271. The molecule has 6 nitrogen and oxygen atoms in total. The van der Waals surface area contributed by atoms with Crippen molar-refractivity contribution in [3.05, 3.63) is 65.6 Å². The molecule has 164 valence electrons. The van der Waals surface area contributed by atoms with E-state index >= 15 is 0 Å². The van der Waals surface area contributed by atoms with E-state index in [0.29, 0.717) is 23.6 Å². The van der Waals surface area contributed by atoms with E-state index < -0.39 is 0 Å². The van der Waals surface area contributed by atoms with Crippen LogP contribution in [0.2, 0.25) is 0 Å². The van der Waals surface area contributed by atoms with Crippen molar-refractivity contribution in [2.45, 2.75) is 25.7 Å². The molecule has 1 N–H and O–H groups in total. The summed E-state index contributed by atoms with van der Waals surface area (Å²) in [7, 11) is 4.91. The summed E-state index contributed by atoms with van der Waals surface area (Å²) >= 11 is 0. The fourth-order valence-electron chi connectivity index (χ4n) is 3.41. The zero-order valence-electron chi connectivity index (χ0n) is 18.2. The van der Waals surface area contributed by atoms with Crippen molar-refractivity contribution in [2.75, 3.05) is 27.8 Å². The first-order valence-electron chi connectivity index (χ1n) is 10.3. The predicted molar refractivity (Wildman–Crippen MR) is 118 cm³/mol. The Balaban J connectivity index is 1.45. The molecule has 0 atom stereocenters. The van der Waals surface area contributed by atoms with E-state index in [4.69, 9.17) is 9.47 Å². The third-order valence-electron chi connectivity index (χ3n) is 5.17. The Morgan fingerprint density at radius 2 is 1.90 bits per heavy atom. The number of aromatic nitrogens is 2. The normalized spacial score (nSPS) is 10.7. The van der Waals surface area contributed by atoms with Gasteiger partial charge in [-0.15, -0.1) is 0 Å². The molecule has 0 aliphatic rings. The molecule has 0 spiro atoms. The molecule has 0 saturated carbocycles. The molecule has 2 aromatic carbocycles. The Labute approximate surface area is 182 Å². The predicted octanol–water partition coefficient (Wildman–Crippen LogP) is 4.72. The van der Waals surface area contributed by atoms with Crippen LogP contribution in [0.25, 0.3) is 11.3 Å². The standard InChI is InChI=1S/C24H28FN3O3/c1-28(24(29)21-16-20(30-2)11-12-23(21)31-3)13-6-4-5-10-19-15-22(27-26-19)17-8-7-9-18(25)14-17/h7-9,11-12,14-16H,4-6,10,13H2,1-3H3,(H,26,27). The maximum Gasteiger partial charge on any atom is 0.257 e. The number of unbranched alkanes of at least 4 members (excludes halogenated alkanes) is 2. The molecular weight excluding hydrogens is 397 g/mol. The molecule has 31 heavy (non-hydrogen) atoms. The number of hydrogen-bond donors (Lipinski definition) is 1. The molecule has 3 rings (SSSR count). The van der Waals surface area contributed by atoms with Crippen LogP contribution < -0.4 is 9.47 Å². The molecule has 0 saturated heterocycles. The summed E-state index contributed by atoms with van der Waals surface area (Å²) < 4.78 is 23.9. The number of carbonyl (C=O) groups excluding carboxylic acids is 1. The molecular formula is C24H28FN3O3. The van der Waals surface area contributed by atoms with Gasteiger partial charge in [0.15, 0.2) is 0 Å². The average molecular weight is 426 g/mol. The fourth-order valence-corrected chi connectivity index (χ4v) is 3.41. The number of aryl methyl sites for hydroxylation is 1. The second-order valence-electron chi connectivity index (χ2n) is 7.39. The van der Waals surface area contributed by atoms with Gasteiger partial charge in [-0.25, -0.2) is 4.39 Å². The summed E-state index contributed by atoms with van der Waals surface area (Å²) in [6.07, 6.45) is 3.68. The van der Waals surface area contributed by atoms with Gasteiger partial charge >= 0.3 is 0 Å². The van der Waals surface area contributed by atoms with E-state index in [9.17, 15) is 9.18 Å². The zero-order valence-corrected chi connectivity index (χ0v) is 18.2. The van der Waals surface area contributed by atoms with Crippen LogP contribution in [0.1, 0.15) is 35.3 Å². The van der Waals surface area contributed by atoms with Gasteiger partial charge < -0.3 is 14.4 Å².